The monoisotopic (exact) mass is 260 g/mol. The zero-order valence-electron chi connectivity index (χ0n) is 11.6. The molecule has 1 N–H and O–H groups in total. The van der Waals surface area contributed by atoms with E-state index < -0.39 is 0 Å². The average Bonchev–Trinajstić information content (AvgIpc) is 2.87. The molecule has 0 saturated carbocycles. The number of nitrogens with one attached hydrogen (secondary N) is 1. The quantitative estimate of drug-likeness (QED) is 0.867. The molecule has 1 heterocycles. The molecule has 19 heavy (non-hydrogen) atoms. The molecule has 0 bridgehead atoms. The van der Waals surface area contributed by atoms with Gasteiger partial charge in [0.15, 0.2) is 11.7 Å². The first-order chi connectivity index (χ1) is 9.19. The molecule has 4 heteroatoms. The Morgan fingerprint density at radius 1 is 1.26 bits per heavy atom. The molecule has 4 nitrogen and oxygen atoms in total. The van der Waals surface area contributed by atoms with Crippen LogP contribution in [0.4, 0.5) is 0 Å². The molecule has 0 spiro atoms. The lowest BCUT2D eigenvalue weighted by molar-refractivity contribution is 0.415. The van der Waals surface area contributed by atoms with Gasteiger partial charge in [-0.25, -0.2) is 4.98 Å². The minimum absolute atomic E-state index is 0.482. The third-order valence-corrected chi connectivity index (χ3v) is 2.82. The van der Waals surface area contributed by atoms with Crippen molar-refractivity contribution >= 4 is 0 Å². The van der Waals surface area contributed by atoms with Crippen LogP contribution in [0.3, 0.4) is 0 Å². The molecule has 0 unspecified atom stereocenters. The molecule has 0 saturated heterocycles. The predicted molar refractivity (Wildman–Crippen MR) is 75.3 cm³/mol. The van der Waals surface area contributed by atoms with Crippen LogP contribution in [-0.2, 0) is 6.42 Å². The van der Waals surface area contributed by atoms with Crippen LogP contribution in [0.1, 0.15) is 19.7 Å². The lowest BCUT2D eigenvalue weighted by Crippen LogP contribution is -2.24. The highest BCUT2D eigenvalue weighted by atomic mass is 16.5. The van der Waals surface area contributed by atoms with E-state index in [-0.39, 0.29) is 0 Å². The van der Waals surface area contributed by atoms with E-state index >= 15 is 0 Å². The fraction of sp³-hybridized carbons (Fsp3) is 0.400. The number of ether oxygens (including phenoxy) is 1. The van der Waals surface area contributed by atoms with Gasteiger partial charge in [-0.05, 0) is 24.3 Å². The Morgan fingerprint density at radius 2 is 2.00 bits per heavy atom. The molecule has 2 aromatic rings. The van der Waals surface area contributed by atoms with Gasteiger partial charge in [-0.1, -0.05) is 13.8 Å². The normalized spacial score (nSPS) is 10.9. The molecule has 0 aliphatic carbocycles. The van der Waals surface area contributed by atoms with Crippen LogP contribution in [0.2, 0.25) is 0 Å². The molecule has 0 radical (unpaired) electrons. The third-order valence-electron chi connectivity index (χ3n) is 2.82. The smallest absolute Gasteiger partial charge is 0.196 e. The summed E-state index contributed by atoms with van der Waals surface area (Å²) < 4.78 is 10.9. The van der Waals surface area contributed by atoms with E-state index in [2.05, 4.69) is 24.1 Å². The Labute approximate surface area is 113 Å². The second-order valence-electron chi connectivity index (χ2n) is 4.71. The highest BCUT2D eigenvalue weighted by Crippen LogP contribution is 2.23. The minimum Gasteiger partial charge on any atom is -0.497 e. The van der Waals surface area contributed by atoms with Crippen molar-refractivity contribution in [3.8, 4) is 17.1 Å². The summed E-state index contributed by atoms with van der Waals surface area (Å²) in [5, 5.41) is 3.34. The molecule has 1 aromatic carbocycles. The van der Waals surface area contributed by atoms with E-state index in [1.807, 2.05) is 24.3 Å². The van der Waals surface area contributed by atoms with Gasteiger partial charge in [0.05, 0.1) is 13.3 Å². The number of benzene rings is 1. The van der Waals surface area contributed by atoms with Crippen molar-refractivity contribution in [1.29, 1.82) is 0 Å². The van der Waals surface area contributed by atoms with Crippen LogP contribution in [0.15, 0.2) is 34.9 Å². The van der Waals surface area contributed by atoms with E-state index in [1.54, 1.807) is 13.3 Å². The number of hydrogen-bond acceptors (Lipinski definition) is 4. The maximum absolute atomic E-state index is 5.73. The Bertz CT molecular complexity index is 503. The highest BCUT2D eigenvalue weighted by Gasteiger charge is 2.06. The van der Waals surface area contributed by atoms with Crippen molar-refractivity contribution in [1.82, 2.24) is 10.3 Å². The van der Waals surface area contributed by atoms with Gasteiger partial charge in [0, 0.05) is 24.6 Å². The molecule has 1 aromatic heterocycles. The Hall–Kier alpha value is -1.81. The molecule has 2 rings (SSSR count). The standard InChI is InChI=1S/C15H20N2O2/c1-11(2)16-9-8-15-17-10-14(19-15)12-4-6-13(18-3)7-5-12/h4-7,10-11,16H,8-9H2,1-3H3. The summed E-state index contributed by atoms with van der Waals surface area (Å²) in [6, 6.07) is 8.25. The van der Waals surface area contributed by atoms with Gasteiger partial charge in [0.2, 0.25) is 0 Å². The van der Waals surface area contributed by atoms with Crippen molar-refractivity contribution < 1.29 is 9.15 Å². The van der Waals surface area contributed by atoms with E-state index in [0.29, 0.717) is 6.04 Å². The summed E-state index contributed by atoms with van der Waals surface area (Å²) in [5.41, 5.74) is 1.01. The summed E-state index contributed by atoms with van der Waals surface area (Å²) in [6.45, 7) is 5.12. The average molecular weight is 260 g/mol. The predicted octanol–water partition coefficient (Wildman–Crippen LogP) is 2.89. The van der Waals surface area contributed by atoms with E-state index in [4.69, 9.17) is 9.15 Å². The van der Waals surface area contributed by atoms with Crippen molar-refractivity contribution in [2.45, 2.75) is 26.3 Å². The fourth-order valence-corrected chi connectivity index (χ4v) is 1.78. The first kappa shape index (κ1) is 13.6. The van der Waals surface area contributed by atoms with E-state index in [9.17, 15) is 0 Å². The molecule has 102 valence electrons. The van der Waals surface area contributed by atoms with Gasteiger partial charge in [-0.2, -0.15) is 0 Å². The summed E-state index contributed by atoms with van der Waals surface area (Å²) in [5.74, 6) is 2.39. The Kier molecular flexibility index (Phi) is 4.58. The highest BCUT2D eigenvalue weighted by molar-refractivity contribution is 5.57. The van der Waals surface area contributed by atoms with Gasteiger partial charge < -0.3 is 14.5 Å². The zero-order valence-corrected chi connectivity index (χ0v) is 11.6. The minimum atomic E-state index is 0.482. The summed E-state index contributed by atoms with van der Waals surface area (Å²) in [4.78, 5) is 4.29. The maximum Gasteiger partial charge on any atom is 0.196 e. The largest absolute Gasteiger partial charge is 0.497 e. The van der Waals surface area contributed by atoms with E-state index in [1.165, 1.54) is 0 Å². The van der Waals surface area contributed by atoms with Crippen LogP contribution >= 0.6 is 0 Å². The molecule has 0 atom stereocenters. The molecule has 0 fully saturated rings. The first-order valence-electron chi connectivity index (χ1n) is 6.51. The van der Waals surface area contributed by atoms with Gasteiger partial charge in [0.1, 0.15) is 5.75 Å². The van der Waals surface area contributed by atoms with Crippen LogP contribution in [0.25, 0.3) is 11.3 Å². The lowest BCUT2D eigenvalue weighted by Gasteiger charge is -2.05. The molecule has 0 aliphatic heterocycles. The van der Waals surface area contributed by atoms with Crippen molar-refractivity contribution in [3.05, 3.63) is 36.4 Å². The van der Waals surface area contributed by atoms with Gasteiger partial charge in [-0.15, -0.1) is 0 Å². The summed E-state index contributed by atoms with van der Waals surface area (Å²) in [7, 11) is 1.66. The molecule has 0 aliphatic rings. The molecule has 0 amide bonds. The van der Waals surface area contributed by atoms with Crippen LogP contribution in [0.5, 0.6) is 5.75 Å². The first-order valence-corrected chi connectivity index (χ1v) is 6.51. The second-order valence-corrected chi connectivity index (χ2v) is 4.71. The van der Waals surface area contributed by atoms with Crippen molar-refractivity contribution in [2.24, 2.45) is 0 Å². The molecular weight excluding hydrogens is 240 g/mol. The van der Waals surface area contributed by atoms with E-state index in [0.717, 1.165) is 35.9 Å². The van der Waals surface area contributed by atoms with Crippen LogP contribution in [0, 0.1) is 0 Å². The number of aromatic nitrogens is 1. The number of oxazole rings is 1. The molecular formula is C15H20N2O2. The second kappa shape index (κ2) is 6.38. The fourth-order valence-electron chi connectivity index (χ4n) is 1.78. The Balaban J connectivity index is 1.99. The van der Waals surface area contributed by atoms with Crippen molar-refractivity contribution in [2.75, 3.05) is 13.7 Å². The SMILES string of the molecule is COc1ccc(-c2cnc(CCNC(C)C)o2)cc1. The number of nitrogens with zero attached hydrogens (tertiary/aromatic N) is 1. The number of methoxy groups -OCH3 is 1. The van der Waals surface area contributed by atoms with Crippen LogP contribution < -0.4 is 10.1 Å². The maximum atomic E-state index is 5.73. The Morgan fingerprint density at radius 3 is 2.63 bits per heavy atom. The third kappa shape index (κ3) is 3.83. The summed E-state index contributed by atoms with van der Waals surface area (Å²) >= 11 is 0. The van der Waals surface area contributed by atoms with Gasteiger partial charge in [0.25, 0.3) is 0 Å². The zero-order chi connectivity index (χ0) is 13.7. The van der Waals surface area contributed by atoms with Gasteiger partial charge in [-0.3, -0.25) is 0 Å². The summed E-state index contributed by atoms with van der Waals surface area (Å²) in [6.07, 6.45) is 2.57. The lowest BCUT2D eigenvalue weighted by atomic mass is 10.2. The number of hydrogen-bond donors (Lipinski definition) is 1. The number of rotatable bonds is 6. The van der Waals surface area contributed by atoms with Crippen LogP contribution in [-0.4, -0.2) is 24.7 Å². The van der Waals surface area contributed by atoms with Crippen molar-refractivity contribution in [3.63, 3.8) is 0 Å². The van der Waals surface area contributed by atoms with Gasteiger partial charge >= 0.3 is 0 Å². The topological polar surface area (TPSA) is 47.3 Å².